The van der Waals surface area contributed by atoms with Crippen LogP contribution in [-0.2, 0) is 16.0 Å². The molecule has 1 saturated carbocycles. The first-order chi connectivity index (χ1) is 15.8. The first-order valence-corrected chi connectivity index (χ1v) is 12.5. The number of rotatable bonds is 1. The lowest BCUT2D eigenvalue weighted by molar-refractivity contribution is -0.106. The minimum atomic E-state index is 0.211. The zero-order valence-corrected chi connectivity index (χ0v) is 21.1. The molecule has 0 bridgehead atoms. The number of nitrogens with zero attached hydrogens (tertiary/aromatic N) is 1. The van der Waals surface area contributed by atoms with Crippen LogP contribution >= 0.6 is 0 Å². The SMILES string of the molecule is CC1CC1.CC=O.COc1ccc2c3c([nH]c2c1)C1CC2(C)C(C)=COC(C)C2CN1CC3. The Morgan fingerprint density at radius 1 is 1.27 bits per heavy atom. The molecular formula is C28H40N2O3. The lowest BCUT2D eigenvalue weighted by atomic mass is 9.62. The number of carbonyl (C=O) groups excluding carboxylic acids is 1. The molecule has 3 aliphatic heterocycles. The second-order valence-corrected chi connectivity index (χ2v) is 10.5. The molecule has 1 aliphatic carbocycles. The van der Waals surface area contributed by atoms with Crippen molar-refractivity contribution in [1.29, 1.82) is 0 Å². The molecule has 0 radical (unpaired) electrons. The maximum Gasteiger partial charge on any atom is 0.120 e. The highest BCUT2D eigenvalue weighted by Crippen LogP contribution is 2.54. The van der Waals surface area contributed by atoms with E-state index in [1.807, 2.05) is 6.26 Å². The van der Waals surface area contributed by atoms with Gasteiger partial charge in [-0.15, -0.1) is 0 Å². The highest BCUT2D eigenvalue weighted by atomic mass is 16.5. The van der Waals surface area contributed by atoms with Gasteiger partial charge in [0, 0.05) is 47.1 Å². The Balaban J connectivity index is 0.000000323. The summed E-state index contributed by atoms with van der Waals surface area (Å²) in [6.07, 6.45) is 8.30. The van der Waals surface area contributed by atoms with Crippen LogP contribution in [0.4, 0.5) is 0 Å². The van der Waals surface area contributed by atoms with Crippen molar-refractivity contribution in [2.45, 2.75) is 72.4 Å². The molecule has 33 heavy (non-hydrogen) atoms. The van der Waals surface area contributed by atoms with E-state index < -0.39 is 0 Å². The van der Waals surface area contributed by atoms with Gasteiger partial charge in [0.05, 0.1) is 25.5 Å². The number of H-pyrrole nitrogens is 1. The van der Waals surface area contributed by atoms with Gasteiger partial charge in [-0.1, -0.05) is 26.7 Å². The lowest BCUT2D eigenvalue weighted by Gasteiger charge is -2.55. The fourth-order valence-corrected chi connectivity index (χ4v) is 5.71. The highest BCUT2D eigenvalue weighted by Gasteiger charge is 2.51. The standard InChI is InChI=1S/C22H28N2O2.C4H8.C2H4O/c1-13-12-26-14(2)18-11-24-8-7-17-16-6-5-15(25-4)9-19(16)23-21(17)20(24)10-22(13,18)3;1-4-2-3-4;1-2-3/h5-6,9,12,14,18,20,23H,7-8,10-11H2,1-4H3;4H,2-3H2,1H3;2H,1H3. The molecule has 6 rings (SSSR count). The molecule has 1 aromatic heterocycles. The van der Waals surface area contributed by atoms with Crippen LogP contribution in [0.1, 0.15) is 71.2 Å². The Bertz CT molecular complexity index is 1020. The Hall–Kier alpha value is -2.27. The molecule has 4 heterocycles. The van der Waals surface area contributed by atoms with Crippen molar-refractivity contribution in [2.24, 2.45) is 17.3 Å². The molecule has 4 unspecified atom stereocenters. The molecule has 0 spiro atoms. The summed E-state index contributed by atoms with van der Waals surface area (Å²) in [6, 6.07) is 6.89. The highest BCUT2D eigenvalue weighted by molar-refractivity contribution is 5.86. The van der Waals surface area contributed by atoms with Crippen molar-refractivity contribution < 1.29 is 14.3 Å². The fraction of sp³-hybridized carbons (Fsp3) is 0.607. The number of hydrogen-bond acceptors (Lipinski definition) is 4. The quantitative estimate of drug-likeness (QED) is 0.536. The molecule has 180 valence electrons. The van der Waals surface area contributed by atoms with Crippen LogP contribution in [0, 0.1) is 17.3 Å². The number of hydrogen-bond donors (Lipinski definition) is 1. The third-order valence-electron chi connectivity index (χ3n) is 8.23. The van der Waals surface area contributed by atoms with E-state index in [4.69, 9.17) is 14.3 Å². The largest absolute Gasteiger partial charge is 0.498 e. The van der Waals surface area contributed by atoms with Crippen LogP contribution in [0.25, 0.3) is 10.9 Å². The minimum Gasteiger partial charge on any atom is -0.498 e. The molecule has 5 heteroatoms. The van der Waals surface area contributed by atoms with Gasteiger partial charge >= 0.3 is 0 Å². The number of carbonyl (C=O) groups is 1. The van der Waals surface area contributed by atoms with Crippen molar-refractivity contribution in [3.8, 4) is 5.75 Å². The van der Waals surface area contributed by atoms with Gasteiger partial charge in [-0.3, -0.25) is 4.90 Å². The molecular weight excluding hydrogens is 412 g/mol. The number of piperidine rings is 1. The molecule has 0 amide bonds. The Morgan fingerprint density at radius 3 is 2.61 bits per heavy atom. The van der Waals surface area contributed by atoms with Crippen LogP contribution in [0.3, 0.4) is 0 Å². The fourth-order valence-electron chi connectivity index (χ4n) is 5.71. The molecule has 1 aromatic carbocycles. The average molecular weight is 453 g/mol. The molecule has 4 aliphatic rings. The maximum atomic E-state index is 8.81. The number of aromatic amines is 1. The van der Waals surface area contributed by atoms with Crippen molar-refractivity contribution in [3.63, 3.8) is 0 Å². The van der Waals surface area contributed by atoms with Gasteiger partial charge in [0.15, 0.2) is 0 Å². The number of fused-ring (bicyclic) bond motifs is 6. The lowest BCUT2D eigenvalue weighted by Crippen LogP contribution is -2.55. The predicted molar refractivity (Wildman–Crippen MR) is 134 cm³/mol. The first-order valence-electron chi connectivity index (χ1n) is 12.5. The third kappa shape index (κ3) is 4.57. The zero-order chi connectivity index (χ0) is 23.8. The number of methoxy groups -OCH3 is 1. The van der Waals surface area contributed by atoms with E-state index in [2.05, 4.69) is 55.8 Å². The van der Waals surface area contributed by atoms with E-state index in [0.717, 1.165) is 43.9 Å². The summed E-state index contributed by atoms with van der Waals surface area (Å²) < 4.78 is 11.4. The number of benzene rings is 1. The molecule has 1 saturated heterocycles. The summed E-state index contributed by atoms with van der Waals surface area (Å²) >= 11 is 0. The topological polar surface area (TPSA) is 54.6 Å². The average Bonchev–Trinajstić information content (AvgIpc) is 3.50. The van der Waals surface area contributed by atoms with Crippen LogP contribution in [-0.4, -0.2) is 42.5 Å². The van der Waals surface area contributed by atoms with Crippen LogP contribution < -0.4 is 4.74 Å². The minimum absolute atomic E-state index is 0.211. The van der Waals surface area contributed by atoms with E-state index in [9.17, 15) is 0 Å². The van der Waals surface area contributed by atoms with Gasteiger partial charge in [0.1, 0.15) is 12.0 Å². The van der Waals surface area contributed by atoms with E-state index in [0.29, 0.717) is 12.0 Å². The molecule has 1 N–H and O–H groups in total. The third-order valence-corrected chi connectivity index (χ3v) is 8.23. The molecule has 2 aromatic rings. The number of aromatic nitrogens is 1. The van der Waals surface area contributed by atoms with Gasteiger partial charge in [-0.25, -0.2) is 0 Å². The second-order valence-electron chi connectivity index (χ2n) is 10.5. The van der Waals surface area contributed by atoms with Gasteiger partial charge < -0.3 is 19.3 Å². The van der Waals surface area contributed by atoms with Crippen molar-refractivity contribution >= 4 is 17.2 Å². The Morgan fingerprint density at radius 2 is 1.97 bits per heavy atom. The van der Waals surface area contributed by atoms with E-state index in [-0.39, 0.29) is 11.5 Å². The normalized spacial score (nSPS) is 30.1. The van der Waals surface area contributed by atoms with E-state index in [1.54, 1.807) is 7.11 Å². The monoisotopic (exact) mass is 452 g/mol. The van der Waals surface area contributed by atoms with Crippen LogP contribution in [0.15, 0.2) is 30.0 Å². The van der Waals surface area contributed by atoms with E-state index >= 15 is 0 Å². The Kier molecular flexibility index (Phi) is 6.90. The molecule has 4 atom stereocenters. The summed E-state index contributed by atoms with van der Waals surface area (Å²) in [5.74, 6) is 2.57. The number of nitrogens with one attached hydrogen (secondary N) is 1. The summed E-state index contributed by atoms with van der Waals surface area (Å²) in [6.45, 7) is 12.9. The van der Waals surface area contributed by atoms with Gasteiger partial charge in [-0.05, 0) is 62.8 Å². The van der Waals surface area contributed by atoms with Gasteiger partial charge in [0.25, 0.3) is 0 Å². The first kappa shape index (κ1) is 23.9. The number of aldehydes is 1. The summed E-state index contributed by atoms with van der Waals surface area (Å²) in [5.41, 5.74) is 5.74. The van der Waals surface area contributed by atoms with Gasteiger partial charge in [-0.2, -0.15) is 0 Å². The number of ether oxygens (including phenoxy) is 2. The summed E-state index contributed by atoms with van der Waals surface area (Å²) in [4.78, 5) is 15.2. The van der Waals surface area contributed by atoms with Crippen molar-refractivity contribution in [1.82, 2.24) is 9.88 Å². The van der Waals surface area contributed by atoms with Crippen LogP contribution in [0.5, 0.6) is 5.75 Å². The maximum absolute atomic E-state index is 8.81. The van der Waals surface area contributed by atoms with Crippen LogP contribution in [0.2, 0.25) is 0 Å². The van der Waals surface area contributed by atoms with Gasteiger partial charge in [0.2, 0.25) is 0 Å². The smallest absolute Gasteiger partial charge is 0.120 e. The predicted octanol–water partition coefficient (Wildman–Crippen LogP) is 6.05. The van der Waals surface area contributed by atoms with E-state index in [1.165, 1.54) is 47.5 Å². The number of allylic oxidation sites excluding steroid dienone is 1. The second kappa shape index (κ2) is 9.54. The molecule has 2 fully saturated rings. The Labute approximate surface area is 198 Å². The molecule has 5 nitrogen and oxygen atoms in total. The van der Waals surface area contributed by atoms with Crippen molar-refractivity contribution in [2.75, 3.05) is 20.2 Å². The summed E-state index contributed by atoms with van der Waals surface area (Å²) in [5, 5.41) is 1.36. The van der Waals surface area contributed by atoms with Crippen molar-refractivity contribution in [3.05, 3.63) is 41.3 Å². The summed E-state index contributed by atoms with van der Waals surface area (Å²) in [7, 11) is 1.73. The zero-order valence-electron chi connectivity index (χ0n) is 21.1.